The molecule has 0 radical (unpaired) electrons. The maximum atomic E-state index is 11.5. The molecule has 0 bridgehead atoms. The predicted molar refractivity (Wildman–Crippen MR) is 67.7 cm³/mol. The van der Waals surface area contributed by atoms with Crippen molar-refractivity contribution in [1.82, 2.24) is 5.32 Å². The number of aliphatic hydroxyl groups is 1. The van der Waals surface area contributed by atoms with Crippen molar-refractivity contribution in [1.29, 1.82) is 0 Å². The molecule has 0 aliphatic rings. The van der Waals surface area contributed by atoms with Crippen LogP contribution in [0.15, 0.2) is 0 Å². The highest BCUT2D eigenvalue weighted by Crippen LogP contribution is 2.10. The number of ether oxygens (including phenoxy) is 1. The van der Waals surface area contributed by atoms with Crippen LogP contribution in [0.2, 0.25) is 0 Å². The van der Waals surface area contributed by atoms with Gasteiger partial charge < -0.3 is 15.2 Å². The van der Waals surface area contributed by atoms with Gasteiger partial charge in [0.05, 0.1) is 6.61 Å². The second-order valence-corrected chi connectivity index (χ2v) is 4.69. The molecule has 0 fully saturated rings. The van der Waals surface area contributed by atoms with Crippen molar-refractivity contribution in [3.8, 4) is 0 Å². The summed E-state index contributed by atoms with van der Waals surface area (Å²) in [7, 11) is 0. The molecule has 4 nitrogen and oxygen atoms in total. The summed E-state index contributed by atoms with van der Waals surface area (Å²) in [5, 5.41) is 12.0. The summed E-state index contributed by atoms with van der Waals surface area (Å²) in [5.41, 5.74) is 0. The van der Waals surface area contributed by atoms with E-state index >= 15 is 0 Å². The van der Waals surface area contributed by atoms with Crippen molar-refractivity contribution >= 4 is 17.7 Å². The van der Waals surface area contributed by atoms with Crippen LogP contribution in [-0.4, -0.2) is 48.4 Å². The first-order valence-corrected chi connectivity index (χ1v) is 6.95. The van der Waals surface area contributed by atoms with Crippen molar-refractivity contribution in [3.63, 3.8) is 0 Å². The van der Waals surface area contributed by atoms with Gasteiger partial charge in [0.15, 0.2) is 0 Å². The predicted octanol–water partition coefficient (Wildman–Crippen LogP) is 1.03. The minimum atomic E-state index is -0.000376. The van der Waals surface area contributed by atoms with E-state index in [9.17, 15) is 4.79 Å². The van der Waals surface area contributed by atoms with E-state index in [1.807, 2.05) is 20.1 Å². The molecule has 0 rings (SSSR count). The van der Waals surface area contributed by atoms with E-state index in [0.717, 1.165) is 6.42 Å². The number of nitrogens with one attached hydrogen (secondary N) is 1. The summed E-state index contributed by atoms with van der Waals surface area (Å²) >= 11 is 1.56. The van der Waals surface area contributed by atoms with E-state index in [-0.39, 0.29) is 23.8 Å². The van der Waals surface area contributed by atoms with E-state index in [0.29, 0.717) is 19.6 Å². The zero-order valence-corrected chi connectivity index (χ0v) is 11.2. The molecule has 16 heavy (non-hydrogen) atoms. The third-order valence-electron chi connectivity index (χ3n) is 2.33. The Kier molecular flexibility index (Phi) is 9.77. The molecule has 1 amide bonds. The van der Waals surface area contributed by atoms with Crippen molar-refractivity contribution in [2.24, 2.45) is 0 Å². The van der Waals surface area contributed by atoms with Crippen LogP contribution in [0.3, 0.4) is 0 Å². The van der Waals surface area contributed by atoms with E-state index in [1.165, 1.54) is 0 Å². The lowest BCUT2D eigenvalue weighted by molar-refractivity contribution is -0.122. The van der Waals surface area contributed by atoms with Gasteiger partial charge in [-0.2, -0.15) is 11.8 Å². The highest BCUT2D eigenvalue weighted by molar-refractivity contribution is 7.99. The maximum Gasteiger partial charge on any atom is 0.220 e. The SMILES string of the molecule is CCOCCCC(=O)NC(C)C(CO)SC. The van der Waals surface area contributed by atoms with Crippen LogP contribution in [-0.2, 0) is 9.53 Å². The van der Waals surface area contributed by atoms with E-state index in [1.54, 1.807) is 11.8 Å². The number of hydrogen-bond donors (Lipinski definition) is 2. The van der Waals surface area contributed by atoms with Crippen LogP contribution in [0, 0.1) is 0 Å². The topological polar surface area (TPSA) is 58.6 Å². The molecule has 2 N–H and O–H groups in total. The molecule has 2 atom stereocenters. The Morgan fingerprint density at radius 2 is 2.25 bits per heavy atom. The van der Waals surface area contributed by atoms with Crippen LogP contribution in [0.4, 0.5) is 0 Å². The van der Waals surface area contributed by atoms with Crippen molar-refractivity contribution in [2.45, 2.75) is 38.0 Å². The van der Waals surface area contributed by atoms with Gasteiger partial charge in [-0.05, 0) is 26.5 Å². The fraction of sp³-hybridized carbons (Fsp3) is 0.909. The Bertz CT molecular complexity index is 186. The summed E-state index contributed by atoms with van der Waals surface area (Å²) in [6, 6.07) is -0.000376. The number of carbonyl (C=O) groups excluding carboxylic acids is 1. The van der Waals surface area contributed by atoms with Crippen LogP contribution in [0.25, 0.3) is 0 Å². The standard InChI is InChI=1S/C11H23NO3S/c1-4-15-7-5-6-11(14)12-9(2)10(8-13)16-3/h9-10,13H,4-8H2,1-3H3,(H,12,14). The van der Waals surface area contributed by atoms with Gasteiger partial charge >= 0.3 is 0 Å². The van der Waals surface area contributed by atoms with E-state index in [2.05, 4.69) is 5.32 Å². The second-order valence-electron chi connectivity index (χ2n) is 3.61. The molecule has 0 saturated heterocycles. The van der Waals surface area contributed by atoms with Gasteiger partial charge in [0.25, 0.3) is 0 Å². The lowest BCUT2D eigenvalue weighted by atomic mass is 10.2. The molecular formula is C11H23NO3S. The number of hydrogen-bond acceptors (Lipinski definition) is 4. The first-order chi connectivity index (χ1) is 7.65. The minimum absolute atomic E-state index is 0.000376. The van der Waals surface area contributed by atoms with Gasteiger partial charge in [0.1, 0.15) is 0 Å². The lowest BCUT2D eigenvalue weighted by Gasteiger charge is -2.21. The smallest absolute Gasteiger partial charge is 0.220 e. The lowest BCUT2D eigenvalue weighted by Crippen LogP contribution is -2.41. The third kappa shape index (κ3) is 7.09. The number of carbonyl (C=O) groups is 1. The molecule has 0 aliphatic heterocycles. The molecule has 96 valence electrons. The molecule has 0 aromatic heterocycles. The van der Waals surface area contributed by atoms with Crippen molar-refractivity contribution in [2.75, 3.05) is 26.1 Å². The summed E-state index contributed by atoms with van der Waals surface area (Å²) in [6.07, 6.45) is 3.16. The maximum absolute atomic E-state index is 11.5. The number of aliphatic hydroxyl groups excluding tert-OH is 1. The third-order valence-corrected chi connectivity index (χ3v) is 3.49. The first-order valence-electron chi connectivity index (χ1n) is 5.66. The van der Waals surface area contributed by atoms with Gasteiger partial charge in [-0.25, -0.2) is 0 Å². The highest BCUT2D eigenvalue weighted by Gasteiger charge is 2.16. The zero-order chi connectivity index (χ0) is 12.4. The second kappa shape index (κ2) is 9.93. The quantitative estimate of drug-likeness (QED) is 0.599. The van der Waals surface area contributed by atoms with Crippen LogP contribution < -0.4 is 5.32 Å². The number of amides is 1. The fourth-order valence-electron chi connectivity index (χ4n) is 1.33. The van der Waals surface area contributed by atoms with Gasteiger partial charge in [-0.1, -0.05) is 0 Å². The molecule has 2 unspecified atom stereocenters. The Hall–Kier alpha value is -0.260. The van der Waals surface area contributed by atoms with Crippen LogP contribution in [0.5, 0.6) is 0 Å². The monoisotopic (exact) mass is 249 g/mol. The Balaban J connectivity index is 3.68. The Morgan fingerprint density at radius 3 is 2.75 bits per heavy atom. The van der Waals surface area contributed by atoms with E-state index in [4.69, 9.17) is 9.84 Å². The molecule has 0 saturated carbocycles. The minimum Gasteiger partial charge on any atom is -0.395 e. The summed E-state index contributed by atoms with van der Waals surface area (Å²) < 4.78 is 5.15. The Morgan fingerprint density at radius 1 is 1.56 bits per heavy atom. The average molecular weight is 249 g/mol. The molecule has 0 aromatic carbocycles. The average Bonchev–Trinajstić information content (AvgIpc) is 2.26. The zero-order valence-electron chi connectivity index (χ0n) is 10.4. The van der Waals surface area contributed by atoms with Crippen LogP contribution in [0.1, 0.15) is 26.7 Å². The summed E-state index contributed by atoms with van der Waals surface area (Å²) in [4.78, 5) is 11.5. The molecule has 0 aromatic rings. The molecule has 0 spiro atoms. The largest absolute Gasteiger partial charge is 0.395 e. The van der Waals surface area contributed by atoms with Gasteiger partial charge in [-0.15, -0.1) is 0 Å². The fourth-order valence-corrected chi connectivity index (χ4v) is 1.96. The molecule has 0 heterocycles. The highest BCUT2D eigenvalue weighted by atomic mass is 32.2. The molecular weight excluding hydrogens is 226 g/mol. The number of rotatable bonds is 9. The molecule has 0 aliphatic carbocycles. The van der Waals surface area contributed by atoms with Gasteiger partial charge in [-0.3, -0.25) is 4.79 Å². The summed E-state index contributed by atoms with van der Waals surface area (Å²) in [5.74, 6) is 0.0275. The van der Waals surface area contributed by atoms with Gasteiger partial charge in [0, 0.05) is 30.9 Å². The Labute approximate surface area is 102 Å². The summed E-state index contributed by atoms with van der Waals surface area (Å²) in [6.45, 7) is 5.26. The van der Waals surface area contributed by atoms with Crippen LogP contribution >= 0.6 is 11.8 Å². The van der Waals surface area contributed by atoms with Crippen molar-refractivity contribution < 1.29 is 14.6 Å². The normalized spacial score (nSPS) is 14.5. The molecule has 5 heteroatoms. The van der Waals surface area contributed by atoms with Gasteiger partial charge in [0.2, 0.25) is 5.91 Å². The van der Waals surface area contributed by atoms with Crippen molar-refractivity contribution in [3.05, 3.63) is 0 Å². The van der Waals surface area contributed by atoms with E-state index < -0.39 is 0 Å². The first kappa shape index (κ1) is 15.7. The number of thioether (sulfide) groups is 1.